The van der Waals surface area contributed by atoms with Crippen LogP contribution in [0.5, 0.6) is 0 Å². The summed E-state index contributed by atoms with van der Waals surface area (Å²) in [5.74, 6) is -0.883. The van der Waals surface area contributed by atoms with Crippen LogP contribution in [0, 0.1) is 5.82 Å². The smallest absolute Gasteiger partial charge is 0.254 e. The average Bonchev–Trinajstić information content (AvgIpc) is 2.48. The predicted octanol–water partition coefficient (Wildman–Crippen LogP) is 2.69. The minimum atomic E-state index is -0.499. The number of hydrogen-bond acceptors (Lipinski definition) is 2. The number of amides is 1. The lowest BCUT2D eigenvalue weighted by Gasteiger charge is -2.19. The van der Waals surface area contributed by atoms with Gasteiger partial charge in [0.05, 0.1) is 5.56 Å². The molecule has 0 unspecified atom stereocenters. The quantitative estimate of drug-likeness (QED) is 0.907. The summed E-state index contributed by atoms with van der Waals surface area (Å²) < 4.78 is 13.4. The molecule has 104 valence electrons. The highest BCUT2D eigenvalue weighted by Gasteiger charge is 2.10. The highest BCUT2D eigenvalue weighted by Crippen LogP contribution is 2.10. The van der Waals surface area contributed by atoms with Gasteiger partial charge in [-0.05, 0) is 24.3 Å². The number of nitrogens with zero attached hydrogens (tertiary/aromatic N) is 1. The zero-order valence-corrected chi connectivity index (χ0v) is 11.3. The zero-order valence-electron chi connectivity index (χ0n) is 11.3. The fraction of sp³-hybridized carbons (Fsp3) is 0.188. The van der Waals surface area contributed by atoms with E-state index in [1.807, 2.05) is 42.3 Å². The lowest BCUT2D eigenvalue weighted by atomic mass is 10.2. The van der Waals surface area contributed by atoms with Gasteiger partial charge in [0, 0.05) is 25.8 Å². The molecule has 0 atom stereocenters. The van der Waals surface area contributed by atoms with Crippen molar-refractivity contribution in [2.24, 2.45) is 0 Å². The number of benzene rings is 2. The minimum Gasteiger partial charge on any atom is -0.373 e. The first-order valence-electron chi connectivity index (χ1n) is 6.47. The molecule has 0 aromatic heterocycles. The van der Waals surface area contributed by atoms with Crippen molar-refractivity contribution in [1.29, 1.82) is 0 Å². The van der Waals surface area contributed by atoms with E-state index in [9.17, 15) is 9.18 Å². The first kappa shape index (κ1) is 14.1. The molecule has 1 amide bonds. The van der Waals surface area contributed by atoms with Gasteiger partial charge in [-0.2, -0.15) is 0 Å². The minimum absolute atomic E-state index is 0.0786. The third-order valence-corrected chi connectivity index (χ3v) is 3.05. The maximum atomic E-state index is 13.4. The molecule has 2 aromatic carbocycles. The molecule has 3 nitrogen and oxygen atoms in total. The van der Waals surface area contributed by atoms with Crippen molar-refractivity contribution in [2.75, 3.05) is 25.0 Å². The van der Waals surface area contributed by atoms with Gasteiger partial charge in [0.25, 0.3) is 5.91 Å². The van der Waals surface area contributed by atoms with Crippen LogP contribution in [0.25, 0.3) is 0 Å². The lowest BCUT2D eigenvalue weighted by molar-refractivity contribution is 0.0950. The number of anilines is 1. The maximum Gasteiger partial charge on any atom is 0.254 e. The molecular weight excluding hydrogens is 255 g/mol. The molecule has 0 heterocycles. The van der Waals surface area contributed by atoms with Crippen LogP contribution in [0.2, 0.25) is 0 Å². The van der Waals surface area contributed by atoms with E-state index < -0.39 is 5.82 Å². The summed E-state index contributed by atoms with van der Waals surface area (Å²) >= 11 is 0. The van der Waals surface area contributed by atoms with Crippen LogP contribution in [0.15, 0.2) is 54.6 Å². The van der Waals surface area contributed by atoms with Crippen molar-refractivity contribution < 1.29 is 9.18 Å². The fourth-order valence-corrected chi connectivity index (χ4v) is 1.89. The highest BCUT2D eigenvalue weighted by molar-refractivity contribution is 5.94. The molecule has 2 rings (SSSR count). The Balaban J connectivity index is 1.84. The van der Waals surface area contributed by atoms with Crippen LogP contribution >= 0.6 is 0 Å². The Kier molecular flexibility index (Phi) is 4.71. The molecule has 20 heavy (non-hydrogen) atoms. The van der Waals surface area contributed by atoms with Gasteiger partial charge >= 0.3 is 0 Å². The van der Waals surface area contributed by atoms with Gasteiger partial charge < -0.3 is 10.2 Å². The Labute approximate surface area is 118 Å². The molecule has 0 aliphatic heterocycles. The molecule has 0 fully saturated rings. The summed E-state index contributed by atoms with van der Waals surface area (Å²) in [6, 6.07) is 15.8. The zero-order chi connectivity index (χ0) is 14.4. The molecule has 0 aliphatic rings. The summed E-state index contributed by atoms with van der Waals surface area (Å²) in [6.45, 7) is 1.11. The summed E-state index contributed by atoms with van der Waals surface area (Å²) in [6.07, 6.45) is 0. The van der Waals surface area contributed by atoms with Gasteiger partial charge in [-0.1, -0.05) is 30.3 Å². The summed E-state index contributed by atoms with van der Waals surface area (Å²) in [5.41, 5.74) is 1.16. The number of nitrogens with one attached hydrogen (secondary N) is 1. The molecule has 0 saturated carbocycles. The monoisotopic (exact) mass is 272 g/mol. The number of hydrogen-bond donors (Lipinski definition) is 1. The van der Waals surface area contributed by atoms with Crippen molar-refractivity contribution in [1.82, 2.24) is 5.32 Å². The summed E-state index contributed by atoms with van der Waals surface area (Å²) in [5, 5.41) is 2.72. The van der Waals surface area contributed by atoms with Gasteiger partial charge in [0.1, 0.15) is 5.82 Å². The van der Waals surface area contributed by atoms with E-state index in [2.05, 4.69) is 5.32 Å². The average molecular weight is 272 g/mol. The molecule has 0 spiro atoms. The molecule has 4 heteroatoms. The van der Waals surface area contributed by atoms with Crippen molar-refractivity contribution in [3.05, 3.63) is 66.0 Å². The van der Waals surface area contributed by atoms with Crippen LogP contribution in [-0.4, -0.2) is 26.0 Å². The van der Waals surface area contributed by atoms with Crippen molar-refractivity contribution in [2.45, 2.75) is 0 Å². The first-order chi connectivity index (χ1) is 9.68. The van der Waals surface area contributed by atoms with Gasteiger partial charge in [-0.15, -0.1) is 0 Å². The Morgan fingerprint density at radius 2 is 1.75 bits per heavy atom. The molecule has 0 radical (unpaired) electrons. The molecule has 0 bridgehead atoms. The third-order valence-electron chi connectivity index (χ3n) is 3.05. The topological polar surface area (TPSA) is 32.3 Å². The normalized spacial score (nSPS) is 10.1. The van der Waals surface area contributed by atoms with Gasteiger partial charge in [-0.25, -0.2) is 4.39 Å². The van der Waals surface area contributed by atoms with Crippen molar-refractivity contribution in [3.63, 3.8) is 0 Å². The Morgan fingerprint density at radius 1 is 1.10 bits per heavy atom. The number of carbonyl (C=O) groups is 1. The first-order valence-corrected chi connectivity index (χ1v) is 6.47. The van der Waals surface area contributed by atoms with E-state index in [0.29, 0.717) is 13.1 Å². The van der Waals surface area contributed by atoms with E-state index in [-0.39, 0.29) is 11.5 Å². The van der Waals surface area contributed by atoms with Crippen LogP contribution in [0.4, 0.5) is 10.1 Å². The van der Waals surface area contributed by atoms with Crippen molar-refractivity contribution >= 4 is 11.6 Å². The van der Waals surface area contributed by atoms with E-state index in [0.717, 1.165) is 5.69 Å². The predicted molar refractivity (Wildman–Crippen MR) is 78.4 cm³/mol. The maximum absolute atomic E-state index is 13.4. The Morgan fingerprint density at radius 3 is 2.45 bits per heavy atom. The standard InChI is InChI=1S/C16H17FN2O/c1-19(13-7-3-2-4-8-13)12-11-18-16(20)14-9-5-6-10-15(14)17/h2-10H,11-12H2,1H3,(H,18,20). The number of carbonyl (C=O) groups excluding carboxylic acids is 1. The second kappa shape index (κ2) is 6.70. The van der Waals surface area contributed by atoms with Gasteiger partial charge in [0.2, 0.25) is 0 Å². The lowest BCUT2D eigenvalue weighted by Crippen LogP contribution is -2.33. The van der Waals surface area contributed by atoms with Gasteiger partial charge in [-0.3, -0.25) is 4.79 Å². The van der Waals surface area contributed by atoms with E-state index in [1.54, 1.807) is 12.1 Å². The van der Waals surface area contributed by atoms with E-state index in [1.165, 1.54) is 12.1 Å². The molecule has 2 aromatic rings. The van der Waals surface area contributed by atoms with Crippen LogP contribution in [0.3, 0.4) is 0 Å². The second-order valence-electron chi connectivity index (χ2n) is 4.49. The number of rotatable bonds is 5. The Bertz CT molecular complexity index is 572. The molecule has 0 saturated heterocycles. The van der Waals surface area contributed by atoms with E-state index in [4.69, 9.17) is 0 Å². The molecular formula is C16H17FN2O. The largest absolute Gasteiger partial charge is 0.373 e. The van der Waals surface area contributed by atoms with Crippen LogP contribution in [0.1, 0.15) is 10.4 Å². The van der Waals surface area contributed by atoms with Crippen molar-refractivity contribution in [3.8, 4) is 0 Å². The molecule has 1 N–H and O–H groups in total. The van der Waals surface area contributed by atoms with Crippen LogP contribution in [-0.2, 0) is 0 Å². The summed E-state index contributed by atoms with van der Waals surface area (Å²) in [4.78, 5) is 13.8. The molecule has 0 aliphatic carbocycles. The highest BCUT2D eigenvalue weighted by atomic mass is 19.1. The number of halogens is 1. The van der Waals surface area contributed by atoms with E-state index >= 15 is 0 Å². The fourth-order valence-electron chi connectivity index (χ4n) is 1.89. The third kappa shape index (κ3) is 3.57. The SMILES string of the molecule is CN(CCNC(=O)c1ccccc1F)c1ccccc1. The number of para-hydroxylation sites is 1. The second-order valence-corrected chi connectivity index (χ2v) is 4.49. The summed E-state index contributed by atoms with van der Waals surface area (Å²) in [7, 11) is 1.95. The Hall–Kier alpha value is -2.36. The number of likely N-dealkylation sites (N-methyl/N-ethyl adjacent to an activating group) is 1. The van der Waals surface area contributed by atoms with Gasteiger partial charge in [0.15, 0.2) is 0 Å². The van der Waals surface area contributed by atoms with Crippen LogP contribution < -0.4 is 10.2 Å².